The number of hydrogen-bond acceptors (Lipinski definition) is 4. The summed E-state index contributed by atoms with van der Waals surface area (Å²) < 4.78 is 19.4. The molecule has 108 valence electrons. The molecule has 2 unspecified atom stereocenters. The van der Waals surface area contributed by atoms with Crippen molar-refractivity contribution in [2.24, 2.45) is 5.73 Å². The van der Waals surface area contributed by atoms with Crippen LogP contribution >= 0.6 is 0 Å². The minimum Gasteiger partial charge on any atom is -0.481 e. The zero-order chi connectivity index (χ0) is 15.2. The highest BCUT2D eigenvalue weighted by Gasteiger charge is 2.23. The van der Waals surface area contributed by atoms with Gasteiger partial charge >= 0.3 is 0 Å². The summed E-state index contributed by atoms with van der Waals surface area (Å²) in [6, 6.07) is 11.2. The third kappa shape index (κ3) is 3.36. The maximum Gasteiger partial charge on any atom is 0.155 e. The molecule has 0 spiro atoms. The van der Waals surface area contributed by atoms with Crippen LogP contribution in [0, 0.1) is 17.1 Å². The van der Waals surface area contributed by atoms with Crippen molar-refractivity contribution >= 4 is 0 Å². The van der Waals surface area contributed by atoms with Crippen molar-refractivity contribution in [2.75, 3.05) is 0 Å². The summed E-state index contributed by atoms with van der Waals surface area (Å²) in [5, 5.41) is 9.06. The van der Waals surface area contributed by atoms with Crippen LogP contribution in [0.5, 0.6) is 5.75 Å². The highest BCUT2D eigenvalue weighted by molar-refractivity contribution is 5.44. The fourth-order valence-electron chi connectivity index (χ4n) is 1.97. The molecule has 0 aliphatic carbocycles. The van der Waals surface area contributed by atoms with E-state index < -0.39 is 11.9 Å². The van der Waals surface area contributed by atoms with Gasteiger partial charge in [-0.2, -0.15) is 5.26 Å². The van der Waals surface area contributed by atoms with Crippen LogP contribution < -0.4 is 10.5 Å². The summed E-state index contributed by atoms with van der Waals surface area (Å²) in [5.41, 5.74) is 6.61. The first-order chi connectivity index (χ1) is 10.2. The maximum atomic E-state index is 13.6. The Morgan fingerprint density at radius 3 is 2.76 bits per heavy atom. The molecule has 2 rings (SSSR count). The van der Waals surface area contributed by atoms with E-state index in [-0.39, 0.29) is 17.4 Å². The first kappa shape index (κ1) is 14.9. The summed E-state index contributed by atoms with van der Waals surface area (Å²) in [5.74, 6) is -0.433. The zero-order valence-corrected chi connectivity index (χ0v) is 11.7. The normalized spacial score (nSPS) is 13.2. The van der Waals surface area contributed by atoms with E-state index in [1.54, 1.807) is 24.4 Å². The van der Waals surface area contributed by atoms with Gasteiger partial charge in [-0.1, -0.05) is 19.1 Å². The second-order valence-electron chi connectivity index (χ2n) is 4.59. The van der Waals surface area contributed by atoms with Gasteiger partial charge in [0.15, 0.2) is 6.10 Å². The lowest BCUT2D eigenvalue weighted by atomic mass is 10.1. The highest BCUT2D eigenvalue weighted by Crippen LogP contribution is 2.28. The minimum atomic E-state index is -0.611. The fraction of sp³-hybridized carbons (Fsp3) is 0.250. The lowest BCUT2D eigenvalue weighted by Gasteiger charge is -2.24. The van der Waals surface area contributed by atoms with Crippen LogP contribution in [0.15, 0.2) is 42.6 Å². The van der Waals surface area contributed by atoms with Crippen molar-refractivity contribution in [3.63, 3.8) is 0 Å². The van der Waals surface area contributed by atoms with Gasteiger partial charge in [-0.05, 0) is 30.7 Å². The second kappa shape index (κ2) is 6.82. The topological polar surface area (TPSA) is 71.9 Å². The number of hydrogen-bond donors (Lipinski definition) is 1. The van der Waals surface area contributed by atoms with E-state index in [2.05, 4.69) is 4.98 Å². The van der Waals surface area contributed by atoms with Crippen LogP contribution in [0.3, 0.4) is 0 Å². The van der Waals surface area contributed by atoms with Gasteiger partial charge in [0.1, 0.15) is 23.2 Å². The van der Waals surface area contributed by atoms with Crippen LogP contribution in [-0.4, -0.2) is 11.0 Å². The molecule has 2 N–H and O–H groups in total. The summed E-state index contributed by atoms with van der Waals surface area (Å²) >= 11 is 0. The first-order valence-corrected chi connectivity index (χ1v) is 6.69. The number of pyridine rings is 1. The average molecular weight is 285 g/mol. The summed E-state index contributed by atoms with van der Waals surface area (Å²) in [6.07, 6.45) is 1.77. The molecule has 2 atom stereocenters. The molecule has 4 nitrogen and oxygen atoms in total. The Hall–Kier alpha value is -2.45. The Labute approximate surface area is 123 Å². The Balaban J connectivity index is 2.37. The summed E-state index contributed by atoms with van der Waals surface area (Å²) in [4.78, 5) is 4.24. The van der Waals surface area contributed by atoms with Crippen molar-refractivity contribution < 1.29 is 9.13 Å². The Kier molecular flexibility index (Phi) is 4.85. The zero-order valence-electron chi connectivity index (χ0n) is 11.7. The highest BCUT2D eigenvalue weighted by atomic mass is 19.1. The van der Waals surface area contributed by atoms with Gasteiger partial charge in [0.25, 0.3) is 0 Å². The number of nitrogens with two attached hydrogens (primary N) is 1. The SMILES string of the molecule is CCC(N)C(Oc1cccc(F)c1C#N)c1ccccn1. The van der Waals surface area contributed by atoms with E-state index in [9.17, 15) is 4.39 Å². The molecule has 0 aliphatic heterocycles. The molecule has 0 aliphatic rings. The van der Waals surface area contributed by atoms with Crippen LogP contribution in [0.2, 0.25) is 0 Å². The van der Waals surface area contributed by atoms with Crippen molar-refractivity contribution in [1.29, 1.82) is 5.26 Å². The third-order valence-electron chi connectivity index (χ3n) is 3.18. The minimum absolute atomic E-state index is 0.123. The molecule has 0 saturated carbocycles. The smallest absolute Gasteiger partial charge is 0.155 e. The largest absolute Gasteiger partial charge is 0.481 e. The molecule has 0 fully saturated rings. The van der Waals surface area contributed by atoms with E-state index in [4.69, 9.17) is 15.7 Å². The van der Waals surface area contributed by atoms with Crippen molar-refractivity contribution in [1.82, 2.24) is 4.98 Å². The molecule has 2 aromatic rings. The lowest BCUT2D eigenvalue weighted by molar-refractivity contribution is 0.165. The van der Waals surface area contributed by atoms with Gasteiger partial charge in [-0.3, -0.25) is 4.98 Å². The number of halogens is 1. The average Bonchev–Trinajstić information content (AvgIpc) is 2.53. The van der Waals surface area contributed by atoms with Crippen molar-refractivity contribution in [3.8, 4) is 11.8 Å². The van der Waals surface area contributed by atoms with Gasteiger partial charge in [0, 0.05) is 12.2 Å². The molecule has 1 heterocycles. The number of aromatic nitrogens is 1. The van der Waals surface area contributed by atoms with E-state index in [0.29, 0.717) is 12.1 Å². The lowest BCUT2D eigenvalue weighted by Crippen LogP contribution is -2.32. The fourth-order valence-corrected chi connectivity index (χ4v) is 1.97. The van der Waals surface area contributed by atoms with Crippen LogP contribution in [0.1, 0.15) is 30.7 Å². The van der Waals surface area contributed by atoms with Gasteiger partial charge in [-0.25, -0.2) is 4.39 Å². The summed E-state index contributed by atoms with van der Waals surface area (Å²) in [7, 11) is 0. The Morgan fingerprint density at radius 2 is 2.14 bits per heavy atom. The third-order valence-corrected chi connectivity index (χ3v) is 3.18. The number of ether oxygens (including phenoxy) is 1. The van der Waals surface area contributed by atoms with Gasteiger partial charge in [-0.15, -0.1) is 0 Å². The van der Waals surface area contributed by atoms with E-state index >= 15 is 0 Å². The molecule has 0 radical (unpaired) electrons. The second-order valence-corrected chi connectivity index (χ2v) is 4.59. The monoisotopic (exact) mass is 285 g/mol. The molecule has 0 amide bonds. The van der Waals surface area contributed by atoms with E-state index in [1.165, 1.54) is 12.1 Å². The number of benzene rings is 1. The van der Waals surface area contributed by atoms with Crippen LogP contribution in [0.25, 0.3) is 0 Å². The maximum absolute atomic E-state index is 13.6. The molecule has 21 heavy (non-hydrogen) atoms. The van der Waals surface area contributed by atoms with Crippen molar-refractivity contribution in [3.05, 3.63) is 59.7 Å². The number of nitriles is 1. The molecular formula is C16H16FN3O. The molecule has 1 aromatic carbocycles. The number of rotatable bonds is 5. The summed E-state index contributed by atoms with van der Waals surface area (Å²) in [6.45, 7) is 1.93. The van der Waals surface area contributed by atoms with E-state index in [1.807, 2.05) is 19.1 Å². The molecular weight excluding hydrogens is 269 g/mol. The Morgan fingerprint density at radius 1 is 1.33 bits per heavy atom. The van der Waals surface area contributed by atoms with Gasteiger partial charge in [0.2, 0.25) is 0 Å². The van der Waals surface area contributed by atoms with Crippen LogP contribution in [-0.2, 0) is 0 Å². The molecule has 0 saturated heterocycles. The van der Waals surface area contributed by atoms with E-state index in [0.717, 1.165) is 0 Å². The van der Waals surface area contributed by atoms with Gasteiger partial charge < -0.3 is 10.5 Å². The molecule has 1 aromatic heterocycles. The van der Waals surface area contributed by atoms with Gasteiger partial charge in [0.05, 0.1) is 5.69 Å². The standard InChI is InChI=1S/C16H16FN3O/c1-2-13(19)16(14-7-3-4-9-20-14)21-15-8-5-6-12(17)11(15)10-18/h3-9,13,16H,2,19H2,1H3. The predicted molar refractivity (Wildman–Crippen MR) is 77.0 cm³/mol. The quantitative estimate of drug-likeness (QED) is 0.916. The first-order valence-electron chi connectivity index (χ1n) is 6.69. The predicted octanol–water partition coefficient (Wildman–Crippen LogP) is 2.95. The molecule has 5 heteroatoms. The Bertz CT molecular complexity index is 640. The number of nitrogens with zero attached hydrogens (tertiary/aromatic N) is 2. The van der Waals surface area contributed by atoms with Crippen molar-refractivity contribution in [2.45, 2.75) is 25.5 Å². The van der Waals surface area contributed by atoms with Crippen LogP contribution in [0.4, 0.5) is 4.39 Å². The molecule has 0 bridgehead atoms.